The molecule has 0 bridgehead atoms. The lowest BCUT2D eigenvalue weighted by Gasteiger charge is -2.26. The minimum atomic E-state index is -0.141. The maximum Gasteiger partial charge on any atom is 0.253 e. The zero-order valence-electron chi connectivity index (χ0n) is 9.60. The van der Waals surface area contributed by atoms with E-state index in [1.165, 1.54) is 12.3 Å². The molecular formula is C12H17N3O2. The Balaban J connectivity index is 1.91. The van der Waals surface area contributed by atoms with E-state index >= 15 is 0 Å². The number of rotatable bonds is 2. The molecule has 17 heavy (non-hydrogen) atoms. The number of hydrogen-bond acceptors (Lipinski definition) is 4. The van der Waals surface area contributed by atoms with Crippen LogP contribution in [0.2, 0.25) is 0 Å². The smallest absolute Gasteiger partial charge is 0.253 e. The van der Waals surface area contributed by atoms with Crippen LogP contribution in [0.15, 0.2) is 18.3 Å². The van der Waals surface area contributed by atoms with Crippen LogP contribution in [0, 0.1) is 0 Å². The average molecular weight is 235 g/mol. The van der Waals surface area contributed by atoms with Gasteiger partial charge in [0.05, 0.1) is 5.56 Å². The third-order valence-electron chi connectivity index (χ3n) is 3.12. The molecule has 1 aromatic rings. The lowest BCUT2D eigenvalue weighted by molar-refractivity contribution is 0.0925. The fraction of sp³-hybridized carbons (Fsp3) is 0.500. The minimum absolute atomic E-state index is 0.0785. The Morgan fingerprint density at radius 1 is 1.35 bits per heavy atom. The van der Waals surface area contributed by atoms with Crippen molar-refractivity contribution in [1.29, 1.82) is 0 Å². The Kier molecular flexibility index (Phi) is 3.58. The highest BCUT2D eigenvalue weighted by atomic mass is 16.3. The third-order valence-corrected chi connectivity index (χ3v) is 3.12. The van der Waals surface area contributed by atoms with Crippen LogP contribution in [-0.4, -0.2) is 28.1 Å². The standard InChI is InChI=1S/C12H17N3O2/c13-9-2-4-10(5-3-9)15-12(17)8-1-6-11(16)14-7-8/h1,6-7,9-10H,2-5,13H2,(H,14,16)(H,15,17). The molecule has 0 radical (unpaired) electrons. The lowest BCUT2D eigenvalue weighted by atomic mass is 9.92. The first kappa shape index (κ1) is 11.9. The second-order valence-electron chi connectivity index (χ2n) is 4.49. The van der Waals surface area contributed by atoms with Crippen molar-refractivity contribution < 1.29 is 9.90 Å². The molecule has 1 aliphatic rings. The predicted octanol–water partition coefficient (Wildman–Crippen LogP) is 0.787. The Morgan fingerprint density at radius 2 is 2.06 bits per heavy atom. The number of carbonyl (C=O) groups is 1. The van der Waals surface area contributed by atoms with E-state index in [4.69, 9.17) is 10.8 Å². The Hall–Kier alpha value is -1.62. The summed E-state index contributed by atoms with van der Waals surface area (Å²) < 4.78 is 0. The van der Waals surface area contributed by atoms with E-state index in [1.54, 1.807) is 6.07 Å². The van der Waals surface area contributed by atoms with Gasteiger partial charge < -0.3 is 16.2 Å². The number of nitrogens with zero attached hydrogens (tertiary/aromatic N) is 1. The van der Waals surface area contributed by atoms with Crippen LogP contribution < -0.4 is 11.1 Å². The highest BCUT2D eigenvalue weighted by Gasteiger charge is 2.20. The van der Waals surface area contributed by atoms with Gasteiger partial charge in [-0.2, -0.15) is 0 Å². The number of carbonyl (C=O) groups excluding carboxylic acids is 1. The molecule has 1 fully saturated rings. The molecule has 92 valence electrons. The van der Waals surface area contributed by atoms with Gasteiger partial charge in [0.1, 0.15) is 0 Å². The molecular weight excluding hydrogens is 218 g/mol. The molecule has 0 unspecified atom stereocenters. The molecule has 5 nitrogen and oxygen atoms in total. The van der Waals surface area contributed by atoms with Gasteiger partial charge in [-0.25, -0.2) is 4.98 Å². The minimum Gasteiger partial charge on any atom is -0.493 e. The number of aromatic hydroxyl groups is 1. The Labute approximate surface area is 100 Å². The summed E-state index contributed by atoms with van der Waals surface area (Å²) >= 11 is 0. The molecule has 1 aliphatic carbocycles. The van der Waals surface area contributed by atoms with Crippen molar-refractivity contribution in [3.63, 3.8) is 0 Å². The first-order chi connectivity index (χ1) is 8.15. The maximum absolute atomic E-state index is 11.8. The third kappa shape index (κ3) is 3.17. The molecule has 5 heteroatoms. The van der Waals surface area contributed by atoms with Crippen LogP contribution in [0.5, 0.6) is 5.88 Å². The van der Waals surface area contributed by atoms with Gasteiger partial charge in [0.15, 0.2) is 0 Å². The second kappa shape index (κ2) is 5.14. The monoisotopic (exact) mass is 235 g/mol. The lowest BCUT2D eigenvalue weighted by Crippen LogP contribution is -2.40. The Morgan fingerprint density at radius 3 is 2.65 bits per heavy atom. The second-order valence-corrected chi connectivity index (χ2v) is 4.49. The molecule has 2 rings (SSSR count). The molecule has 1 aromatic heterocycles. The zero-order valence-corrected chi connectivity index (χ0v) is 9.60. The molecule has 0 aliphatic heterocycles. The van der Waals surface area contributed by atoms with Crippen LogP contribution in [0.1, 0.15) is 36.0 Å². The van der Waals surface area contributed by atoms with E-state index in [0.29, 0.717) is 5.56 Å². The predicted molar refractivity (Wildman–Crippen MR) is 63.6 cm³/mol. The van der Waals surface area contributed by atoms with Crippen molar-refractivity contribution in [3.8, 4) is 5.88 Å². The molecule has 0 aromatic carbocycles. The summed E-state index contributed by atoms with van der Waals surface area (Å²) in [4.78, 5) is 15.5. The van der Waals surface area contributed by atoms with Crippen molar-refractivity contribution >= 4 is 5.91 Å². The molecule has 1 heterocycles. The molecule has 1 saturated carbocycles. The fourth-order valence-corrected chi connectivity index (χ4v) is 2.05. The van der Waals surface area contributed by atoms with Crippen molar-refractivity contribution in [2.45, 2.75) is 37.8 Å². The van der Waals surface area contributed by atoms with Gasteiger partial charge in [-0.1, -0.05) is 0 Å². The van der Waals surface area contributed by atoms with E-state index in [2.05, 4.69) is 10.3 Å². The summed E-state index contributed by atoms with van der Waals surface area (Å²) in [5.74, 6) is -0.219. The first-order valence-corrected chi connectivity index (χ1v) is 5.86. The SMILES string of the molecule is NC1CCC(NC(=O)c2ccc(O)nc2)CC1. The molecule has 4 N–H and O–H groups in total. The van der Waals surface area contributed by atoms with Gasteiger partial charge in [-0.15, -0.1) is 0 Å². The van der Waals surface area contributed by atoms with E-state index in [9.17, 15) is 4.79 Å². The van der Waals surface area contributed by atoms with Crippen LogP contribution in [0.25, 0.3) is 0 Å². The molecule has 0 atom stereocenters. The van der Waals surface area contributed by atoms with Crippen LogP contribution in [0.4, 0.5) is 0 Å². The maximum atomic E-state index is 11.8. The van der Waals surface area contributed by atoms with Crippen molar-refractivity contribution in [3.05, 3.63) is 23.9 Å². The van der Waals surface area contributed by atoms with E-state index in [1.807, 2.05) is 0 Å². The van der Waals surface area contributed by atoms with Gasteiger partial charge in [0.25, 0.3) is 5.91 Å². The van der Waals surface area contributed by atoms with Crippen molar-refractivity contribution in [2.75, 3.05) is 0 Å². The van der Waals surface area contributed by atoms with Crippen molar-refractivity contribution in [2.24, 2.45) is 5.73 Å². The number of aromatic nitrogens is 1. The molecule has 0 saturated heterocycles. The summed E-state index contributed by atoms with van der Waals surface area (Å²) in [5, 5.41) is 12.0. The van der Waals surface area contributed by atoms with E-state index in [-0.39, 0.29) is 23.9 Å². The number of hydrogen-bond donors (Lipinski definition) is 3. The van der Waals surface area contributed by atoms with Crippen LogP contribution >= 0.6 is 0 Å². The molecule has 1 amide bonds. The topological polar surface area (TPSA) is 88.2 Å². The van der Waals surface area contributed by atoms with E-state index < -0.39 is 0 Å². The number of nitrogens with one attached hydrogen (secondary N) is 1. The van der Waals surface area contributed by atoms with Crippen molar-refractivity contribution in [1.82, 2.24) is 10.3 Å². The Bertz CT molecular complexity index is 383. The number of amides is 1. The highest BCUT2D eigenvalue weighted by Crippen LogP contribution is 2.17. The summed E-state index contributed by atoms with van der Waals surface area (Å²) in [5.41, 5.74) is 6.28. The quantitative estimate of drug-likeness (QED) is 0.707. The van der Waals surface area contributed by atoms with Crippen LogP contribution in [-0.2, 0) is 0 Å². The van der Waals surface area contributed by atoms with E-state index in [0.717, 1.165) is 25.7 Å². The van der Waals surface area contributed by atoms with Gasteiger partial charge in [0, 0.05) is 24.3 Å². The zero-order chi connectivity index (χ0) is 12.3. The van der Waals surface area contributed by atoms with Gasteiger partial charge in [0.2, 0.25) is 5.88 Å². The van der Waals surface area contributed by atoms with Gasteiger partial charge >= 0.3 is 0 Å². The fourth-order valence-electron chi connectivity index (χ4n) is 2.05. The average Bonchev–Trinajstić information content (AvgIpc) is 2.33. The number of pyridine rings is 1. The normalized spacial score (nSPS) is 24.3. The molecule has 0 spiro atoms. The van der Waals surface area contributed by atoms with Crippen LogP contribution in [0.3, 0.4) is 0 Å². The van der Waals surface area contributed by atoms with Gasteiger partial charge in [-0.05, 0) is 31.7 Å². The first-order valence-electron chi connectivity index (χ1n) is 5.86. The largest absolute Gasteiger partial charge is 0.493 e. The summed E-state index contributed by atoms with van der Waals surface area (Å²) in [6, 6.07) is 3.45. The van der Waals surface area contributed by atoms with Gasteiger partial charge in [-0.3, -0.25) is 4.79 Å². The summed E-state index contributed by atoms with van der Waals surface area (Å²) in [6.45, 7) is 0. The summed E-state index contributed by atoms with van der Waals surface area (Å²) in [6.07, 6.45) is 5.15. The summed E-state index contributed by atoms with van der Waals surface area (Å²) in [7, 11) is 0. The highest BCUT2D eigenvalue weighted by molar-refractivity contribution is 5.94. The number of nitrogens with two attached hydrogens (primary N) is 1.